The minimum atomic E-state index is -0.376. The molecule has 0 amide bonds. The lowest BCUT2D eigenvalue weighted by Gasteiger charge is -2.05. The number of unbranched alkanes of at least 4 members (excludes halogenated alkanes) is 1. The molecule has 1 aromatic rings. The number of carbonyl (C=O) groups is 1. The molecule has 0 radical (unpaired) electrons. The maximum absolute atomic E-state index is 10.9. The highest BCUT2D eigenvalue weighted by Crippen LogP contribution is 2.09. The van der Waals surface area contributed by atoms with Gasteiger partial charge in [0.25, 0.3) is 0 Å². The number of carbonyl (C=O) groups excluding carboxylic acids is 1. The summed E-state index contributed by atoms with van der Waals surface area (Å²) in [5, 5.41) is 0. The first kappa shape index (κ1) is 12.5. The molecule has 2 heteroatoms. The van der Waals surface area contributed by atoms with Gasteiger partial charge in [-0.3, -0.25) is 0 Å². The molecule has 0 bridgehead atoms. The fourth-order valence-electron chi connectivity index (χ4n) is 1.47. The first-order valence-corrected chi connectivity index (χ1v) is 5.63. The highest BCUT2D eigenvalue weighted by atomic mass is 16.5. The van der Waals surface area contributed by atoms with Crippen LogP contribution in [0, 0.1) is 0 Å². The minimum absolute atomic E-state index is 0.324. The number of benzene rings is 1. The third-order valence-electron chi connectivity index (χ3n) is 2.36. The summed E-state index contributed by atoms with van der Waals surface area (Å²) in [7, 11) is 0. The Kier molecular flexibility index (Phi) is 5.34. The Morgan fingerprint density at radius 1 is 1.44 bits per heavy atom. The molecule has 0 heterocycles. The molecular weight excluding hydrogens is 200 g/mol. The van der Waals surface area contributed by atoms with Crippen LogP contribution in [-0.4, -0.2) is 5.97 Å². The third-order valence-corrected chi connectivity index (χ3v) is 2.36. The second-order valence-electron chi connectivity index (χ2n) is 3.74. The highest BCUT2D eigenvalue weighted by Gasteiger charge is 1.99. The van der Waals surface area contributed by atoms with Gasteiger partial charge in [0.2, 0.25) is 0 Å². The van der Waals surface area contributed by atoms with Crippen LogP contribution in [0.4, 0.5) is 0 Å². The van der Waals surface area contributed by atoms with Gasteiger partial charge >= 0.3 is 5.97 Å². The largest absolute Gasteiger partial charge is 0.458 e. The molecule has 0 atom stereocenters. The van der Waals surface area contributed by atoms with Crippen LogP contribution in [0.25, 0.3) is 0 Å². The highest BCUT2D eigenvalue weighted by molar-refractivity contribution is 5.81. The van der Waals surface area contributed by atoms with Crippen LogP contribution in [-0.2, 0) is 22.6 Å². The van der Waals surface area contributed by atoms with Gasteiger partial charge in [0.1, 0.15) is 6.61 Å². The van der Waals surface area contributed by atoms with Crippen molar-refractivity contribution in [1.29, 1.82) is 0 Å². The Morgan fingerprint density at radius 2 is 2.19 bits per heavy atom. The molecule has 0 aromatic heterocycles. The second-order valence-corrected chi connectivity index (χ2v) is 3.74. The van der Waals surface area contributed by atoms with Gasteiger partial charge in [0.05, 0.1) is 0 Å². The summed E-state index contributed by atoms with van der Waals surface area (Å²) in [6, 6.07) is 8.16. The number of ether oxygens (including phenoxy) is 1. The standard InChI is InChI=1S/C14H18O2/c1-3-5-7-12-8-6-9-13(10-12)11-16-14(15)4-2/h4,6,8-10H,2-3,5,7,11H2,1H3. The van der Waals surface area contributed by atoms with Gasteiger partial charge in [-0.1, -0.05) is 44.2 Å². The van der Waals surface area contributed by atoms with E-state index in [-0.39, 0.29) is 5.97 Å². The van der Waals surface area contributed by atoms with Gasteiger partial charge in [-0.2, -0.15) is 0 Å². The SMILES string of the molecule is C=CC(=O)OCc1cccc(CCCC)c1. The Morgan fingerprint density at radius 3 is 2.88 bits per heavy atom. The maximum atomic E-state index is 10.9. The monoisotopic (exact) mass is 218 g/mol. The molecule has 0 aliphatic heterocycles. The molecule has 0 spiro atoms. The number of hydrogen-bond acceptors (Lipinski definition) is 2. The lowest BCUT2D eigenvalue weighted by Crippen LogP contribution is -2.00. The zero-order chi connectivity index (χ0) is 11.8. The molecule has 0 unspecified atom stereocenters. The first-order chi connectivity index (χ1) is 7.76. The van der Waals surface area contributed by atoms with Crippen molar-refractivity contribution >= 4 is 5.97 Å². The van der Waals surface area contributed by atoms with E-state index in [9.17, 15) is 4.79 Å². The first-order valence-electron chi connectivity index (χ1n) is 5.63. The Bertz CT molecular complexity index is 356. The Hall–Kier alpha value is -1.57. The van der Waals surface area contributed by atoms with Crippen LogP contribution in [0.15, 0.2) is 36.9 Å². The van der Waals surface area contributed by atoms with Gasteiger partial charge in [-0.05, 0) is 24.0 Å². The summed E-state index contributed by atoms with van der Waals surface area (Å²) in [6.07, 6.45) is 4.65. The number of esters is 1. The quantitative estimate of drug-likeness (QED) is 0.541. The van der Waals surface area contributed by atoms with Crippen molar-refractivity contribution in [2.45, 2.75) is 32.8 Å². The molecule has 1 aromatic carbocycles. The van der Waals surface area contributed by atoms with Crippen LogP contribution in [0.5, 0.6) is 0 Å². The van der Waals surface area contributed by atoms with E-state index in [4.69, 9.17) is 4.74 Å². The van der Waals surface area contributed by atoms with Crippen molar-refractivity contribution in [2.75, 3.05) is 0 Å². The third kappa shape index (κ3) is 4.30. The van der Waals surface area contributed by atoms with Gasteiger partial charge in [-0.15, -0.1) is 0 Å². The zero-order valence-corrected chi connectivity index (χ0v) is 9.74. The van der Waals surface area contributed by atoms with E-state index in [1.165, 1.54) is 24.5 Å². The summed E-state index contributed by atoms with van der Waals surface area (Å²) < 4.78 is 4.98. The zero-order valence-electron chi connectivity index (χ0n) is 9.74. The average molecular weight is 218 g/mol. The fraction of sp³-hybridized carbons (Fsp3) is 0.357. The Labute approximate surface area is 96.9 Å². The lowest BCUT2D eigenvalue weighted by atomic mass is 10.1. The van der Waals surface area contributed by atoms with Crippen molar-refractivity contribution in [1.82, 2.24) is 0 Å². The minimum Gasteiger partial charge on any atom is -0.458 e. The second kappa shape index (κ2) is 6.83. The smallest absolute Gasteiger partial charge is 0.330 e. The predicted molar refractivity (Wildman–Crippen MR) is 65.0 cm³/mol. The summed E-state index contributed by atoms with van der Waals surface area (Å²) in [5.74, 6) is -0.376. The van der Waals surface area contributed by atoms with E-state index in [2.05, 4.69) is 25.6 Å². The van der Waals surface area contributed by atoms with E-state index in [0.717, 1.165) is 12.0 Å². The van der Waals surface area contributed by atoms with Crippen molar-refractivity contribution < 1.29 is 9.53 Å². The van der Waals surface area contributed by atoms with Crippen molar-refractivity contribution in [3.63, 3.8) is 0 Å². The van der Waals surface area contributed by atoms with Crippen molar-refractivity contribution in [3.8, 4) is 0 Å². The topological polar surface area (TPSA) is 26.3 Å². The fourth-order valence-corrected chi connectivity index (χ4v) is 1.47. The van der Waals surface area contributed by atoms with Crippen molar-refractivity contribution in [2.24, 2.45) is 0 Å². The molecule has 2 nitrogen and oxygen atoms in total. The van der Waals surface area contributed by atoms with Gasteiger partial charge < -0.3 is 4.74 Å². The molecule has 1 rings (SSSR count). The van der Waals surface area contributed by atoms with Crippen LogP contribution >= 0.6 is 0 Å². The number of rotatable bonds is 6. The van der Waals surface area contributed by atoms with Crippen LogP contribution < -0.4 is 0 Å². The van der Waals surface area contributed by atoms with Crippen LogP contribution in [0.1, 0.15) is 30.9 Å². The molecule has 86 valence electrons. The molecular formula is C14H18O2. The molecule has 0 saturated carbocycles. The predicted octanol–water partition coefficient (Wildman–Crippen LogP) is 3.26. The Balaban J connectivity index is 2.53. The van der Waals surface area contributed by atoms with E-state index in [1.54, 1.807) is 0 Å². The molecule has 0 fully saturated rings. The summed E-state index contributed by atoms with van der Waals surface area (Å²) in [6.45, 7) is 5.86. The van der Waals surface area contributed by atoms with E-state index in [1.807, 2.05) is 12.1 Å². The molecule has 0 aliphatic carbocycles. The van der Waals surface area contributed by atoms with Crippen molar-refractivity contribution in [3.05, 3.63) is 48.0 Å². The molecule has 0 aliphatic rings. The number of hydrogen-bond donors (Lipinski definition) is 0. The molecule has 0 N–H and O–H groups in total. The molecule has 0 saturated heterocycles. The summed E-state index contributed by atoms with van der Waals surface area (Å²) in [4.78, 5) is 10.9. The van der Waals surface area contributed by atoms with Crippen LogP contribution in [0.2, 0.25) is 0 Å². The van der Waals surface area contributed by atoms with E-state index < -0.39 is 0 Å². The van der Waals surface area contributed by atoms with Gasteiger partial charge in [0, 0.05) is 6.08 Å². The lowest BCUT2D eigenvalue weighted by molar-refractivity contribution is -0.138. The maximum Gasteiger partial charge on any atom is 0.330 e. The normalized spacial score (nSPS) is 9.81. The van der Waals surface area contributed by atoms with E-state index in [0.29, 0.717) is 6.61 Å². The van der Waals surface area contributed by atoms with Gasteiger partial charge in [-0.25, -0.2) is 4.79 Å². The number of aryl methyl sites for hydroxylation is 1. The average Bonchev–Trinajstić information content (AvgIpc) is 2.34. The molecule has 16 heavy (non-hydrogen) atoms. The van der Waals surface area contributed by atoms with Gasteiger partial charge in [0.15, 0.2) is 0 Å². The summed E-state index contributed by atoms with van der Waals surface area (Å²) >= 11 is 0. The summed E-state index contributed by atoms with van der Waals surface area (Å²) in [5.41, 5.74) is 2.33. The van der Waals surface area contributed by atoms with E-state index >= 15 is 0 Å². The van der Waals surface area contributed by atoms with Crippen LogP contribution in [0.3, 0.4) is 0 Å².